The monoisotopic (exact) mass is 267 g/mol. The van der Waals surface area contributed by atoms with E-state index in [1.165, 1.54) is 0 Å². The van der Waals surface area contributed by atoms with Crippen molar-refractivity contribution in [3.8, 4) is 0 Å². The molecule has 0 unspecified atom stereocenters. The molecule has 0 saturated carbocycles. The van der Waals surface area contributed by atoms with Crippen LogP contribution in [0.2, 0.25) is 0 Å². The van der Waals surface area contributed by atoms with Gasteiger partial charge in [-0.25, -0.2) is 4.79 Å². The first kappa shape index (κ1) is 13.9. The van der Waals surface area contributed by atoms with Crippen LogP contribution in [0.4, 0.5) is 10.6 Å². The van der Waals surface area contributed by atoms with Crippen LogP contribution in [0.15, 0.2) is 10.6 Å². The van der Waals surface area contributed by atoms with Crippen molar-refractivity contribution in [3.05, 3.63) is 11.8 Å². The van der Waals surface area contributed by atoms with Crippen LogP contribution in [0, 0.1) is 6.92 Å². The number of urea groups is 1. The molecule has 1 aromatic heterocycles. The molecule has 106 valence electrons. The SMILES string of the molecule is CCCO[C@H]1CCCN(C(=O)Nc2cc(C)on2)C1. The number of ether oxygens (including phenoxy) is 1. The van der Waals surface area contributed by atoms with Gasteiger partial charge in [-0.1, -0.05) is 12.1 Å². The van der Waals surface area contributed by atoms with Crippen LogP contribution in [-0.4, -0.2) is 41.9 Å². The Morgan fingerprint density at radius 2 is 2.53 bits per heavy atom. The normalized spacial score (nSPS) is 19.5. The van der Waals surface area contributed by atoms with E-state index in [0.29, 0.717) is 18.1 Å². The second-order valence-corrected chi connectivity index (χ2v) is 4.83. The maximum atomic E-state index is 12.1. The maximum Gasteiger partial charge on any atom is 0.323 e. The number of nitrogens with zero attached hydrogens (tertiary/aromatic N) is 2. The Morgan fingerprint density at radius 1 is 1.68 bits per heavy atom. The molecular formula is C13H21N3O3. The molecule has 19 heavy (non-hydrogen) atoms. The average molecular weight is 267 g/mol. The zero-order chi connectivity index (χ0) is 13.7. The van der Waals surface area contributed by atoms with Crippen LogP contribution in [-0.2, 0) is 4.74 Å². The average Bonchev–Trinajstić information content (AvgIpc) is 2.82. The number of rotatable bonds is 4. The highest BCUT2D eigenvalue weighted by atomic mass is 16.5. The van der Waals surface area contributed by atoms with Gasteiger partial charge in [0.2, 0.25) is 0 Å². The van der Waals surface area contributed by atoms with E-state index in [-0.39, 0.29) is 12.1 Å². The van der Waals surface area contributed by atoms with Gasteiger partial charge in [-0.05, 0) is 26.2 Å². The molecule has 0 spiro atoms. The van der Waals surface area contributed by atoms with Crippen LogP contribution in [0.5, 0.6) is 0 Å². The van der Waals surface area contributed by atoms with Gasteiger partial charge in [-0.2, -0.15) is 0 Å². The molecule has 1 aliphatic heterocycles. The van der Waals surface area contributed by atoms with Gasteiger partial charge in [-0.15, -0.1) is 0 Å². The lowest BCUT2D eigenvalue weighted by Gasteiger charge is -2.32. The zero-order valence-electron chi connectivity index (χ0n) is 11.5. The Kier molecular flexibility index (Phi) is 4.79. The molecule has 0 radical (unpaired) electrons. The van der Waals surface area contributed by atoms with Crippen molar-refractivity contribution in [1.29, 1.82) is 0 Å². The standard InChI is InChI=1S/C13H21N3O3/c1-3-7-18-11-5-4-6-16(9-11)13(17)14-12-8-10(2)19-15-12/h8,11H,3-7,9H2,1-2H3,(H,14,15,17)/t11-/m0/s1. The number of anilines is 1. The molecule has 6 heteroatoms. The minimum absolute atomic E-state index is 0.141. The van der Waals surface area contributed by atoms with E-state index in [1.807, 2.05) is 0 Å². The predicted molar refractivity (Wildman–Crippen MR) is 71.1 cm³/mol. The lowest BCUT2D eigenvalue weighted by atomic mass is 10.1. The number of amides is 2. The highest BCUT2D eigenvalue weighted by Crippen LogP contribution is 2.15. The highest BCUT2D eigenvalue weighted by molar-refractivity contribution is 5.88. The molecule has 1 saturated heterocycles. The van der Waals surface area contributed by atoms with Gasteiger partial charge in [0.15, 0.2) is 5.82 Å². The van der Waals surface area contributed by atoms with Gasteiger partial charge in [-0.3, -0.25) is 5.32 Å². The molecule has 1 aliphatic rings. The molecular weight excluding hydrogens is 246 g/mol. The van der Waals surface area contributed by atoms with Crippen LogP contribution >= 0.6 is 0 Å². The summed E-state index contributed by atoms with van der Waals surface area (Å²) < 4.78 is 10.6. The Labute approximate surface area is 113 Å². The first-order valence-electron chi connectivity index (χ1n) is 6.80. The number of piperidine rings is 1. The number of nitrogens with one attached hydrogen (secondary N) is 1. The van der Waals surface area contributed by atoms with E-state index in [4.69, 9.17) is 9.26 Å². The molecule has 2 rings (SSSR count). The first-order valence-corrected chi connectivity index (χ1v) is 6.80. The fraction of sp³-hybridized carbons (Fsp3) is 0.692. The number of hydrogen-bond acceptors (Lipinski definition) is 4. The highest BCUT2D eigenvalue weighted by Gasteiger charge is 2.24. The Hall–Kier alpha value is -1.56. The number of hydrogen-bond donors (Lipinski definition) is 1. The second kappa shape index (κ2) is 6.56. The van der Waals surface area contributed by atoms with Gasteiger partial charge < -0.3 is 14.2 Å². The minimum atomic E-state index is -0.141. The number of likely N-dealkylation sites (tertiary alicyclic amines) is 1. The largest absolute Gasteiger partial charge is 0.376 e. The Bertz CT molecular complexity index is 419. The molecule has 0 aromatic carbocycles. The number of aromatic nitrogens is 1. The molecule has 0 bridgehead atoms. The Morgan fingerprint density at radius 3 is 3.21 bits per heavy atom. The molecule has 1 N–H and O–H groups in total. The molecule has 1 aromatic rings. The van der Waals surface area contributed by atoms with E-state index < -0.39 is 0 Å². The summed E-state index contributed by atoms with van der Waals surface area (Å²) in [7, 11) is 0. The van der Waals surface area contributed by atoms with Gasteiger partial charge in [0.05, 0.1) is 6.10 Å². The van der Waals surface area contributed by atoms with Crippen LogP contribution < -0.4 is 5.32 Å². The molecule has 1 atom stereocenters. The lowest BCUT2D eigenvalue weighted by Crippen LogP contribution is -2.45. The second-order valence-electron chi connectivity index (χ2n) is 4.83. The topological polar surface area (TPSA) is 67.6 Å². The van der Waals surface area contributed by atoms with Crippen molar-refractivity contribution < 1.29 is 14.1 Å². The summed E-state index contributed by atoms with van der Waals surface area (Å²) >= 11 is 0. The first-order chi connectivity index (χ1) is 9.19. The van der Waals surface area contributed by atoms with Gasteiger partial charge in [0.1, 0.15) is 5.76 Å². The summed E-state index contributed by atoms with van der Waals surface area (Å²) in [6.07, 6.45) is 3.14. The van der Waals surface area contributed by atoms with Crippen molar-refractivity contribution >= 4 is 11.8 Å². The number of carbonyl (C=O) groups is 1. The van der Waals surface area contributed by atoms with Gasteiger partial charge in [0.25, 0.3) is 0 Å². The number of carbonyl (C=O) groups excluding carboxylic acids is 1. The summed E-state index contributed by atoms with van der Waals surface area (Å²) in [5, 5.41) is 6.49. The van der Waals surface area contributed by atoms with Crippen LogP contribution in [0.25, 0.3) is 0 Å². The Balaban J connectivity index is 1.84. The molecule has 2 heterocycles. The third-order valence-electron chi connectivity index (χ3n) is 3.09. The summed E-state index contributed by atoms with van der Waals surface area (Å²) in [4.78, 5) is 13.8. The smallest absolute Gasteiger partial charge is 0.323 e. The van der Waals surface area contributed by atoms with Crippen molar-refractivity contribution in [2.45, 2.75) is 39.2 Å². The molecule has 2 amide bonds. The van der Waals surface area contributed by atoms with Crippen molar-refractivity contribution in [3.63, 3.8) is 0 Å². The van der Waals surface area contributed by atoms with E-state index in [0.717, 1.165) is 32.4 Å². The van der Waals surface area contributed by atoms with Crippen molar-refractivity contribution in [2.24, 2.45) is 0 Å². The predicted octanol–water partition coefficient (Wildman–Crippen LogP) is 2.41. The fourth-order valence-corrected chi connectivity index (χ4v) is 2.16. The number of aryl methyl sites for hydroxylation is 1. The summed E-state index contributed by atoms with van der Waals surface area (Å²) in [6.45, 7) is 6.03. The van der Waals surface area contributed by atoms with Crippen LogP contribution in [0.3, 0.4) is 0 Å². The minimum Gasteiger partial charge on any atom is -0.376 e. The maximum absolute atomic E-state index is 12.1. The fourth-order valence-electron chi connectivity index (χ4n) is 2.16. The summed E-state index contributed by atoms with van der Waals surface area (Å²) in [5.41, 5.74) is 0. The molecule has 6 nitrogen and oxygen atoms in total. The summed E-state index contributed by atoms with van der Waals surface area (Å²) in [6, 6.07) is 1.56. The van der Waals surface area contributed by atoms with E-state index in [1.54, 1.807) is 17.9 Å². The molecule has 0 aliphatic carbocycles. The van der Waals surface area contributed by atoms with Gasteiger partial charge in [0, 0.05) is 25.8 Å². The van der Waals surface area contributed by atoms with Crippen LogP contribution in [0.1, 0.15) is 31.9 Å². The molecule has 1 fully saturated rings. The van der Waals surface area contributed by atoms with E-state index in [2.05, 4.69) is 17.4 Å². The van der Waals surface area contributed by atoms with Crippen molar-refractivity contribution in [2.75, 3.05) is 25.0 Å². The van der Waals surface area contributed by atoms with Crippen molar-refractivity contribution in [1.82, 2.24) is 10.1 Å². The third-order valence-corrected chi connectivity index (χ3v) is 3.09. The summed E-state index contributed by atoms with van der Waals surface area (Å²) in [5.74, 6) is 1.14. The van der Waals surface area contributed by atoms with Gasteiger partial charge >= 0.3 is 6.03 Å². The van der Waals surface area contributed by atoms with E-state index in [9.17, 15) is 4.79 Å². The van der Waals surface area contributed by atoms with E-state index >= 15 is 0 Å². The third kappa shape index (κ3) is 3.96. The lowest BCUT2D eigenvalue weighted by molar-refractivity contribution is 0.0115. The quantitative estimate of drug-likeness (QED) is 0.909. The zero-order valence-corrected chi connectivity index (χ0v) is 11.5.